The van der Waals surface area contributed by atoms with E-state index in [0.29, 0.717) is 13.1 Å². The first-order chi connectivity index (χ1) is 8.42. The van der Waals surface area contributed by atoms with Crippen molar-refractivity contribution in [3.05, 3.63) is 36.2 Å². The largest absolute Gasteiger partial charge is 0.299 e. The van der Waals surface area contributed by atoms with Crippen molar-refractivity contribution in [2.45, 2.75) is 13.5 Å². The molecule has 1 N–H and O–H groups in total. The van der Waals surface area contributed by atoms with E-state index in [4.69, 9.17) is 0 Å². The van der Waals surface area contributed by atoms with E-state index in [1.807, 2.05) is 37.3 Å². The fraction of sp³-hybridized carbons (Fsp3) is 0.250. The van der Waals surface area contributed by atoms with Crippen molar-refractivity contribution in [2.75, 3.05) is 6.54 Å². The molecule has 0 aliphatic heterocycles. The minimum atomic E-state index is 0.594. The van der Waals surface area contributed by atoms with Crippen molar-refractivity contribution in [1.82, 2.24) is 25.5 Å². The minimum absolute atomic E-state index is 0.594. The molecule has 0 unspecified atom stereocenters. The van der Waals surface area contributed by atoms with E-state index in [2.05, 4.69) is 32.7 Å². The van der Waals surface area contributed by atoms with Gasteiger partial charge in [-0.05, 0) is 29.5 Å². The van der Waals surface area contributed by atoms with Gasteiger partial charge in [0.1, 0.15) is 0 Å². The normalized spacial score (nSPS) is 9.71. The van der Waals surface area contributed by atoms with Crippen LogP contribution in [0.5, 0.6) is 0 Å². The lowest BCUT2D eigenvalue weighted by atomic mass is 10.3. The Kier molecular flexibility index (Phi) is 3.84. The second kappa shape index (κ2) is 5.77. The predicted molar refractivity (Wildman–Crippen MR) is 64.3 cm³/mol. The Labute approximate surface area is 99.8 Å². The van der Waals surface area contributed by atoms with Gasteiger partial charge in [0.05, 0.1) is 18.8 Å². The zero-order chi connectivity index (χ0) is 11.9. The number of benzene rings is 1. The number of hydrogen-bond donors (Lipinski definition) is 1. The molecule has 0 atom stereocenters. The molecule has 0 bridgehead atoms. The van der Waals surface area contributed by atoms with Gasteiger partial charge in [0.25, 0.3) is 0 Å². The van der Waals surface area contributed by atoms with Crippen LogP contribution in [0.15, 0.2) is 30.3 Å². The third kappa shape index (κ3) is 2.89. The first-order valence-corrected chi connectivity index (χ1v) is 5.35. The van der Waals surface area contributed by atoms with E-state index < -0.39 is 0 Å². The predicted octanol–water partition coefficient (Wildman–Crippen LogP) is 0.775. The summed E-state index contributed by atoms with van der Waals surface area (Å²) in [6, 6.07) is 9.80. The average Bonchev–Trinajstić information content (AvgIpc) is 2.84. The lowest BCUT2D eigenvalue weighted by Gasteiger charge is -2.03. The molecule has 0 spiro atoms. The lowest BCUT2D eigenvalue weighted by molar-refractivity contribution is 0.687. The molecule has 0 radical (unpaired) electrons. The lowest BCUT2D eigenvalue weighted by Crippen LogP contribution is -2.17. The fourth-order valence-electron chi connectivity index (χ4n) is 1.41. The van der Waals surface area contributed by atoms with E-state index in [1.165, 1.54) is 0 Å². The zero-order valence-corrected chi connectivity index (χ0v) is 9.59. The van der Waals surface area contributed by atoms with Gasteiger partial charge in [-0.2, -0.15) is 4.68 Å². The summed E-state index contributed by atoms with van der Waals surface area (Å²) in [5, 5.41) is 14.8. The van der Waals surface area contributed by atoms with Crippen molar-refractivity contribution in [1.29, 1.82) is 0 Å². The number of nitrogens with zero attached hydrogens (tertiary/aromatic N) is 4. The van der Waals surface area contributed by atoms with Crippen LogP contribution in [0, 0.1) is 11.8 Å². The molecule has 2 rings (SSSR count). The monoisotopic (exact) mass is 227 g/mol. The van der Waals surface area contributed by atoms with Gasteiger partial charge < -0.3 is 0 Å². The van der Waals surface area contributed by atoms with Crippen LogP contribution >= 0.6 is 0 Å². The van der Waals surface area contributed by atoms with E-state index >= 15 is 0 Å². The Hall–Kier alpha value is -2.19. The summed E-state index contributed by atoms with van der Waals surface area (Å²) < 4.78 is 1.71. The van der Waals surface area contributed by atoms with Gasteiger partial charge >= 0.3 is 0 Å². The van der Waals surface area contributed by atoms with Gasteiger partial charge in [-0.3, -0.25) is 5.32 Å². The van der Waals surface area contributed by atoms with Crippen LogP contribution < -0.4 is 5.32 Å². The number of tetrazole rings is 1. The van der Waals surface area contributed by atoms with Gasteiger partial charge in [-0.1, -0.05) is 24.1 Å². The fourth-order valence-corrected chi connectivity index (χ4v) is 1.41. The highest BCUT2D eigenvalue weighted by Crippen LogP contribution is 2.06. The third-order valence-electron chi connectivity index (χ3n) is 2.21. The molecular formula is C12H13N5. The Bertz CT molecular complexity index is 521. The highest BCUT2D eigenvalue weighted by Gasteiger charge is 2.06. The first kappa shape index (κ1) is 11.3. The van der Waals surface area contributed by atoms with E-state index in [0.717, 1.165) is 11.5 Å². The van der Waals surface area contributed by atoms with Crippen molar-refractivity contribution in [3.8, 4) is 17.5 Å². The Morgan fingerprint density at radius 2 is 2.12 bits per heavy atom. The summed E-state index contributed by atoms with van der Waals surface area (Å²) in [6.07, 6.45) is 0. The van der Waals surface area contributed by atoms with Crippen molar-refractivity contribution >= 4 is 0 Å². The van der Waals surface area contributed by atoms with Crippen LogP contribution in [0.1, 0.15) is 12.7 Å². The first-order valence-electron chi connectivity index (χ1n) is 5.35. The Morgan fingerprint density at radius 1 is 1.29 bits per heavy atom. The molecule has 0 aliphatic carbocycles. The van der Waals surface area contributed by atoms with Crippen LogP contribution in [-0.2, 0) is 6.54 Å². The van der Waals surface area contributed by atoms with Gasteiger partial charge in [0.2, 0.25) is 0 Å². The highest BCUT2D eigenvalue weighted by molar-refractivity contribution is 5.30. The quantitative estimate of drug-likeness (QED) is 0.619. The van der Waals surface area contributed by atoms with Gasteiger partial charge in [0.15, 0.2) is 5.82 Å². The molecule has 0 saturated carbocycles. The second-order valence-corrected chi connectivity index (χ2v) is 3.37. The summed E-state index contributed by atoms with van der Waals surface area (Å²) >= 11 is 0. The zero-order valence-electron chi connectivity index (χ0n) is 9.59. The molecule has 1 aromatic carbocycles. The van der Waals surface area contributed by atoms with E-state index in [-0.39, 0.29) is 0 Å². The van der Waals surface area contributed by atoms with Crippen LogP contribution in [0.4, 0.5) is 0 Å². The van der Waals surface area contributed by atoms with Crippen molar-refractivity contribution < 1.29 is 0 Å². The molecule has 86 valence electrons. The maximum absolute atomic E-state index is 3.98. The van der Waals surface area contributed by atoms with Gasteiger partial charge in [-0.25, -0.2) is 0 Å². The summed E-state index contributed by atoms with van der Waals surface area (Å²) in [7, 11) is 0. The molecule has 1 heterocycles. The Morgan fingerprint density at radius 3 is 2.88 bits per heavy atom. The minimum Gasteiger partial charge on any atom is -0.299 e. The number of rotatable bonds is 4. The van der Waals surface area contributed by atoms with Crippen molar-refractivity contribution in [3.63, 3.8) is 0 Å². The summed E-state index contributed by atoms with van der Waals surface area (Å²) in [5.74, 6) is 6.53. The number of aromatic nitrogens is 4. The van der Waals surface area contributed by atoms with E-state index in [9.17, 15) is 0 Å². The molecule has 2 aromatic rings. The maximum atomic E-state index is 3.98. The third-order valence-corrected chi connectivity index (χ3v) is 2.21. The Balaban J connectivity index is 2.09. The van der Waals surface area contributed by atoms with Crippen LogP contribution in [-0.4, -0.2) is 26.8 Å². The molecule has 1 aromatic heterocycles. The summed E-state index contributed by atoms with van der Waals surface area (Å²) in [6.45, 7) is 3.05. The smallest absolute Gasteiger partial charge is 0.170 e. The highest BCUT2D eigenvalue weighted by atomic mass is 15.5. The summed E-state index contributed by atoms with van der Waals surface area (Å²) in [4.78, 5) is 0. The number of para-hydroxylation sites is 1. The van der Waals surface area contributed by atoms with Crippen LogP contribution in [0.25, 0.3) is 5.69 Å². The van der Waals surface area contributed by atoms with Crippen molar-refractivity contribution in [2.24, 2.45) is 0 Å². The van der Waals surface area contributed by atoms with Gasteiger partial charge in [-0.15, -0.1) is 11.0 Å². The molecule has 0 saturated heterocycles. The molecule has 5 nitrogen and oxygen atoms in total. The van der Waals surface area contributed by atoms with E-state index in [1.54, 1.807) is 4.68 Å². The number of nitrogens with one attached hydrogen (secondary N) is 1. The molecule has 0 fully saturated rings. The van der Waals surface area contributed by atoms with Crippen LogP contribution in [0.3, 0.4) is 0 Å². The maximum Gasteiger partial charge on any atom is 0.170 e. The topological polar surface area (TPSA) is 55.6 Å². The molecule has 0 amide bonds. The van der Waals surface area contributed by atoms with Gasteiger partial charge in [0, 0.05) is 0 Å². The molecule has 0 aliphatic rings. The molecular weight excluding hydrogens is 214 g/mol. The molecule has 17 heavy (non-hydrogen) atoms. The second-order valence-electron chi connectivity index (χ2n) is 3.37. The summed E-state index contributed by atoms with van der Waals surface area (Å²) in [5.41, 5.74) is 0.955. The average molecular weight is 227 g/mol. The SMILES string of the molecule is CC#CCNCc1nnnn1-c1ccccc1. The molecule has 5 heteroatoms. The van der Waals surface area contributed by atoms with Crippen LogP contribution in [0.2, 0.25) is 0 Å². The number of hydrogen-bond acceptors (Lipinski definition) is 4. The standard InChI is InChI=1S/C12H13N5/c1-2-3-9-13-10-12-14-15-16-17(12)11-7-5-4-6-8-11/h4-8,13H,9-10H2,1H3.